The zero-order chi connectivity index (χ0) is 12.4. The molecule has 88 valence electrons. The molecule has 3 nitrogen and oxygen atoms in total. The number of hydrogen-bond donors (Lipinski definition) is 1. The van der Waals surface area contributed by atoms with Crippen molar-refractivity contribution in [3.8, 4) is 0 Å². The summed E-state index contributed by atoms with van der Waals surface area (Å²) in [6.07, 6.45) is 4.30. The standard InChI is InChI=1S/C15H13N3/c16-15-13(4-2-8-18-15)9-11-5-6-12-3-1-7-17-14(12)10-11/h1-8,10H,9H2,(H2,16,18). The molecule has 0 spiro atoms. The van der Waals surface area contributed by atoms with Crippen molar-refractivity contribution in [3.05, 3.63) is 66.0 Å². The lowest BCUT2D eigenvalue weighted by Crippen LogP contribution is -1.98. The molecule has 0 amide bonds. The van der Waals surface area contributed by atoms with E-state index in [-0.39, 0.29) is 0 Å². The van der Waals surface area contributed by atoms with Crippen LogP contribution in [0.2, 0.25) is 0 Å². The van der Waals surface area contributed by atoms with Crippen LogP contribution in [0.3, 0.4) is 0 Å². The lowest BCUT2D eigenvalue weighted by Gasteiger charge is -2.05. The molecule has 0 atom stereocenters. The first kappa shape index (κ1) is 10.7. The van der Waals surface area contributed by atoms with Gasteiger partial charge in [-0.15, -0.1) is 0 Å². The molecule has 18 heavy (non-hydrogen) atoms. The summed E-state index contributed by atoms with van der Waals surface area (Å²) in [5.41, 5.74) is 9.11. The molecule has 2 N–H and O–H groups in total. The van der Waals surface area contributed by atoms with Gasteiger partial charge in [0.25, 0.3) is 0 Å². The van der Waals surface area contributed by atoms with E-state index in [0.717, 1.165) is 22.9 Å². The highest BCUT2D eigenvalue weighted by Crippen LogP contribution is 2.18. The zero-order valence-corrected chi connectivity index (χ0v) is 9.88. The van der Waals surface area contributed by atoms with Crippen molar-refractivity contribution >= 4 is 16.7 Å². The molecule has 2 heterocycles. The topological polar surface area (TPSA) is 51.8 Å². The lowest BCUT2D eigenvalue weighted by atomic mass is 10.0. The van der Waals surface area contributed by atoms with Gasteiger partial charge in [-0.05, 0) is 29.3 Å². The fourth-order valence-corrected chi connectivity index (χ4v) is 2.04. The summed E-state index contributed by atoms with van der Waals surface area (Å²) in [5.74, 6) is 0.596. The van der Waals surface area contributed by atoms with Crippen LogP contribution in [0.1, 0.15) is 11.1 Å². The van der Waals surface area contributed by atoms with Crippen molar-refractivity contribution in [2.75, 3.05) is 5.73 Å². The van der Waals surface area contributed by atoms with Crippen LogP contribution in [0.15, 0.2) is 54.9 Å². The van der Waals surface area contributed by atoms with Gasteiger partial charge in [0.1, 0.15) is 5.82 Å². The Morgan fingerprint density at radius 2 is 1.78 bits per heavy atom. The van der Waals surface area contributed by atoms with Gasteiger partial charge >= 0.3 is 0 Å². The minimum absolute atomic E-state index is 0.596. The smallest absolute Gasteiger partial charge is 0.126 e. The molecule has 0 bridgehead atoms. The van der Waals surface area contributed by atoms with Crippen molar-refractivity contribution in [3.63, 3.8) is 0 Å². The second-order valence-electron chi connectivity index (χ2n) is 4.25. The van der Waals surface area contributed by atoms with Crippen LogP contribution in [0.5, 0.6) is 0 Å². The fourth-order valence-electron chi connectivity index (χ4n) is 2.04. The molecule has 0 saturated heterocycles. The van der Waals surface area contributed by atoms with Crippen LogP contribution in [0.25, 0.3) is 10.9 Å². The predicted octanol–water partition coefficient (Wildman–Crippen LogP) is 2.80. The van der Waals surface area contributed by atoms with Gasteiger partial charge in [-0.1, -0.05) is 24.3 Å². The number of fused-ring (bicyclic) bond motifs is 1. The highest BCUT2D eigenvalue weighted by atomic mass is 14.8. The largest absolute Gasteiger partial charge is 0.383 e. The maximum Gasteiger partial charge on any atom is 0.126 e. The molecule has 0 fully saturated rings. The summed E-state index contributed by atoms with van der Waals surface area (Å²) >= 11 is 0. The van der Waals surface area contributed by atoms with E-state index in [9.17, 15) is 0 Å². The van der Waals surface area contributed by atoms with Gasteiger partial charge in [-0.25, -0.2) is 4.98 Å². The molecule has 1 aromatic carbocycles. The minimum atomic E-state index is 0.596. The number of pyridine rings is 2. The number of hydrogen-bond acceptors (Lipinski definition) is 3. The number of anilines is 1. The number of rotatable bonds is 2. The predicted molar refractivity (Wildman–Crippen MR) is 73.2 cm³/mol. The van der Waals surface area contributed by atoms with Gasteiger partial charge in [-0.2, -0.15) is 0 Å². The molecule has 0 aliphatic rings. The second-order valence-corrected chi connectivity index (χ2v) is 4.25. The Labute approximate surface area is 105 Å². The number of nitrogen functional groups attached to an aromatic ring is 1. The molecule has 2 aromatic heterocycles. The summed E-state index contributed by atoms with van der Waals surface area (Å²) in [6.45, 7) is 0. The molecule has 0 aliphatic carbocycles. The van der Waals surface area contributed by atoms with Gasteiger partial charge in [0.2, 0.25) is 0 Å². The van der Waals surface area contributed by atoms with Gasteiger partial charge in [-0.3, -0.25) is 4.98 Å². The average molecular weight is 235 g/mol. The monoisotopic (exact) mass is 235 g/mol. The second kappa shape index (κ2) is 4.45. The van der Waals surface area contributed by atoms with Crippen molar-refractivity contribution in [1.82, 2.24) is 9.97 Å². The maximum atomic E-state index is 5.85. The number of aromatic nitrogens is 2. The normalized spacial score (nSPS) is 10.7. The SMILES string of the molecule is Nc1ncccc1Cc1ccc2cccnc2c1. The minimum Gasteiger partial charge on any atom is -0.383 e. The van der Waals surface area contributed by atoms with Crippen molar-refractivity contribution in [1.29, 1.82) is 0 Å². The van der Waals surface area contributed by atoms with Crippen LogP contribution in [-0.4, -0.2) is 9.97 Å². The molecule has 0 unspecified atom stereocenters. The third-order valence-corrected chi connectivity index (χ3v) is 2.99. The highest BCUT2D eigenvalue weighted by molar-refractivity contribution is 5.79. The Hall–Kier alpha value is -2.42. The Bertz CT molecular complexity index is 692. The summed E-state index contributed by atoms with van der Waals surface area (Å²) in [6, 6.07) is 14.2. The van der Waals surface area contributed by atoms with Crippen molar-refractivity contribution < 1.29 is 0 Å². The van der Waals surface area contributed by atoms with Crippen LogP contribution < -0.4 is 5.73 Å². The molecule has 3 rings (SSSR count). The molecule has 0 saturated carbocycles. The molecular formula is C15H13N3. The van der Waals surface area contributed by atoms with E-state index in [4.69, 9.17) is 5.73 Å². The summed E-state index contributed by atoms with van der Waals surface area (Å²) in [7, 11) is 0. The molecular weight excluding hydrogens is 222 g/mol. The van der Waals surface area contributed by atoms with Crippen molar-refractivity contribution in [2.45, 2.75) is 6.42 Å². The Balaban J connectivity index is 1.98. The molecule has 3 heteroatoms. The molecule has 0 radical (unpaired) electrons. The summed E-state index contributed by atoms with van der Waals surface area (Å²) in [4.78, 5) is 8.46. The van der Waals surface area contributed by atoms with Crippen LogP contribution in [0, 0.1) is 0 Å². The van der Waals surface area contributed by atoms with Crippen LogP contribution >= 0.6 is 0 Å². The number of nitrogens with zero attached hydrogens (tertiary/aromatic N) is 2. The number of benzene rings is 1. The third-order valence-electron chi connectivity index (χ3n) is 2.99. The van der Waals surface area contributed by atoms with Gasteiger partial charge in [0, 0.05) is 24.2 Å². The zero-order valence-electron chi connectivity index (χ0n) is 9.88. The van der Waals surface area contributed by atoms with E-state index in [0.29, 0.717) is 5.82 Å². The first-order valence-corrected chi connectivity index (χ1v) is 5.86. The van der Waals surface area contributed by atoms with Gasteiger partial charge < -0.3 is 5.73 Å². The quantitative estimate of drug-likeness (QED) is 0.743. The van der Waals surface area contributed by atoms with Crippen molar-refractivity contribution in [2.24, 2.45) is 0 Å². The Kier molecular flexibility index (Phi) is 2.65. The molecule has 0 aliphatic heterocycles. The van der Waals surface area contributed by atoms with E-state index in [1.165, 1.54) is 5.56 Å². The fraction of sp³-hybridized carbons (Fsp3) is 0.0667. The van der Waals surface area contributed by atoms with E-state index in [2.05, 4.69) is 34.2 Å². The van der Waals surface area contributed by atoms with Crippen LogP contribution in [-0.2, 0) is 6.42 Å². The summed E-state index contributed by atoms with van der Waals surface area (Å²) < 4.78 is 0. The average Bonchev–Trinajstić information content (AvgIpc) is 2.41. The first-order valence-electron chi connectivity index (χ1n) is 5.86. The van der Waals surface area contributed by atoms with Crippen LogP contribution in [0.4, 0.5) is 5.82 Å². The van der Waals surface area contributed by atoms with E-state index in [1.54, 1.807) is 6.20 Å². The van der Waals surface area contributed by atoms with Gasteiger partial charge in [0.15, 0.2) is 0 Å². The van der Waals surface area contributed by atoms with E-state index in [1.807, 2.05) is 24.4 Å². The first-order chi connectivity index (χ1) is 8.83. The number of nitrogens with two attached hydrogens (primary N) is 1. The Morgan fingerprint density at radius 3 is 2.67 bits per heavy atom. The summed E-state index contributed by atoms with van der Waals surface area (Å²) in [5, 5.41) is 1.15. The highest BCUT2D eigenvalue weighted by Gasteiger charge is 2.02. The van der Waals surface area contributed by atoms with Gasteiger partial charge in [0.05, 0.1) is 5.52 Å². The lowest BCUT2D eigenvalue weighted by molar-refractivity contribution is 1.16. The van der Waals surface area contributed by atoms with E-state index < -0.39 is 0 Å². The third kappa shape index (κ3) is 2.02. The maximum absolute atomic E-state index is 5.85. The molecule has 3 aromatic rings. The Morgan fingerprint density at radius 1 is 0.944 bits per heavy atom. The van der Waals surface area contributed by atoms with E-state index >= 15 is 0 Å².